The number of carbonyl (C=O) groups excluding carboxylic acids is 1. The van der Waals surface area contributed by atoms with Gasteiger partial charge in [0.2, 0.25) is 5.91 Å². The summed E-state index contributed by atoms with van der Waals surface area (Å²) >= 11 is 0. The Kier molecular flexibility index (Phi) is 5.58. The second-order valence-electron chi connectivity index (χ2n) is 6.60. The number of nitrogens with one attached hydrogen (secondary N) is 1. The third-order valence-corrected chi connectivity index (χ3v) is 3.20. The van der Waals surface area contributed by atoms with Crippen molar-refractivity contribution in [1.29, 1.82) is 0 Å². The summed E-state index contributed by atoms with van der Waals surface area (Å²) < 4.78 is 0. The van der Waals surface area contributed by atoms with Crippen molar-refractivity contribution in [3.8, 4) is 0 Å². The number of carboxylic acid groups (broad SMARTS) is 1. The predicted octanol–water partition coefficient (Wildman–Crippen LogP) is 2.74. The Morgan fingerprint density at radius 1 is 1.42 bits per heavy atom. The molecule has 2 atom stereocenters. The fourth-order valence-electron chi connectivity index (χ4n) is 2.51. The van der Waals surface area contributed by atoms with E-state index in [0.29, 0.717) is 18.8 Å². The number of aliphatic carboxylic acids is 1. The van der Waals surface area contributed by atoms with Crippen molar-refractivity contribution in [2.45, 2.75) is 58.9 Å². The van der Waals surface area contributed by atoms with E-state index in [1.165, 1.54) is 0 Å². The largest absolute Gasteiger partial charge is 0.481 e. The zero-order chi connectivity index (χ0) is 14.5. The third kappa shape index (κ3) is 6.99. The summed E-state index contributed by atoms with van der Waals surface area (Å²) in [5.74, 6) is -0.581. The lowest BCUT2D eigenvalue weighted by Gasteiger charge is -2.26. The van der Waals surface area contributed by atoms with Gasteiger partial charge in [0.1, 0.15) is 0 Å². The van der Waals surface area contributed by atoms with Crippen molar-refractivity contribution >= 4 is 11.9 Å². The minimum Gasteiger partial charge on any atom is -0.481 e. The van der Waals surface area contributed by atoms with E-state index < -0.39 is 5.97 Å². The van der Waals surface area contributed by atoms with Crippen molar-refractivity contribution < 1.29 is 14.7 Å². The number of amides is 1. The number of carbonyl (C=O) groups is 2. The number of hydrogen-bond acceptors (Lipinski definition) is 2. The number of allylic oxidation sites excluding steroid dienone is 2. The summed E-state index contributed by atoms with van der Waals surface area (Å²) in [7, 11) is 0. The molecule has 1 aliphatic rings. The lowest BCUT2D eigenvalue weighted by molar-refractivity contribution is -0.137. The molecular weight excluding hydrogens is 242 g/mol. The predicted molar refractivity (Wildman–Crippen MR) is 74.7 cm³/mol. The quantitative estimate of drug-likeness (QED) is 0.727. The maximum Gasteiger partial charge on any atom is 0.305 e. The Hall–Kier alpha value is -1.32. The summed E-state index contributed by atoms with van der Waals surface area (Å²) in [6.45, 7) is 6.15. The Labute approximate surface area is 115 Å². The molecule has 0 saturated heterocycles. The van der Waals surface area contributed by atoms with Gasteiger partial charge in [0.05, 0.1) is 6.42 Å². The normalized spacial score (nSPS) is 20.3. The topological polar surface area (TPSA) is 66.4 Å². The van der Waals surface area contributed by atoms with Gasteiger partial charge in [0.15, 0.2) is 0 Å². The second-order valence-corrected chi connectivity index (χ2v) is 6.60. The van der Waals surface area contributed by atoms with Crippen molar-refractivity contribution in [3.63, 3.8) is 0 Å². The molecule has 0 spiro atoms. The monoisotopic (exact) mass is 267 g/mol. The van der Waals surface area contributed by atoms with Crippen LogP contribution in [-0.4, -0.2) is 23.0 Å². The second kappa shape index (κ2) is 6.73. The van der Waals surface area contributed by atoms with Gasteiger partial charge < -0.3 is 10.4 Å². The van der Waals surface area contributed by atoms with Gasteiger partial charge in [-0.15, -0.1) is 0 Å². The summed E-state index contributed by atoms with van der Waals surface area (Å²) in [5, 5.41) is 11.8. The number of carboxylic acids is 1. The molecule has 2 N–H and O–H groups in total. The van der Waals surface area contributed by atoms with Gasteiger partial charge in [-0.3, -0.25) is 9.59 Å². The van der Waals surface area contributed by atoms with Crippen LogP contribution < -0.4 is 5.32 Å². The molecule has 0 bridgehead atoms. The van der Waals surface area contributed by atoms with E-state index >= 15 is 0 Å². The van der Waals surface area contributed by atoms with Crippen molar-refractivity contribution in [2.75, 3.05) is 0 Å². The first-order valence-electron chi connectivity index (χ1n) is 6.94. The van der Waals surface area contributed by atoms with Crippen LogP contribution >= 0.6 is 0 Å². The molecule has 0 saturated carbocycles. The molecular formula is C15H25NO3. The van der Waals surface area contributed by atoms with Gasteiger partial charge in [-0.1, -0.05) is 32.9 Å². The van der Waals surface area contributed by atoms with Crippen LogP contribution in [0.1, 0.15) is 52.9 Å². The van der Waals surface area contributed by atoms with Crippen LogP contribution in [0.5, 0.6) is 0 Å². The molecule has 2 unspecified atom stereocenters. The standard InChI is InChI=1S/C15H25NO3/c1-15(2,3)10-12(9-14(18)19)16-13(17)8-11-6-4-5-7-11/h4,6,11-12H,5,7-10H2,1-3H3,(H,16,17)(H,18,19). The van der Waals surface area contributed by atoms with E-state index in [1.54, 1.807) is 0 Å². The summed E-state index contributed by atoms with van der Waals surface area (Å²) in [4.78, 5) is 22.8. The fourth-order valence-corrected chi connectivity index (χ4v) is 2.51. The van der Waals surface area contributed by atoms with Crippen molar-refractivity contribution in [3.05, 3.63) is 12.2 Å². The molecule has 0 aromatic heterocycles. The van der Waals surface area contributed by atoms with Crippen LogP contribution in [0.15, 0.2) is 12.2 Å². The zero-order valence-corrected chi connectivity index (χ0v) is 12.1. The molecule has 108 valence electrons. The maximum atomic E-state index is 11.9. The molecule has 4 nitrogen and oxygen atoms in total. The number of rotatable bonds is 6. The highest BCUT2D eigenvalue weighted by Gasteiger charge is 2.23. The van der Waals surface area contributed by atoms with Gasteiger partial charge >= 0.3 is 5.97 Å². The van der Waals surface area contributed by atoms with E-state index in [0.717, 1.165) is 12.8 Å². The average molecular weight is 267 g/mol. The lowest BCUT2D eigenvalue weighted by Crippen LogP contribution is -2.39. The van der Waals surface area contributed by atoms with E-state index in [-0.39, 0.29) is 23.8 Å². The van der Waals surface area contributed by atoms with E-state index in [2.05, 4.69) is 17.5 Å². The minimum absolute atomic E-state index is 0.000653. The van der Waals surface area contributed by atoms with Crippen LogP contribution in [0.3, 0.4) is 0 Å². The Bertz CT molecular complexity index is 355. The SMILES string of the molecule is CC(C)(C)CC(CC(=O)O)NC(=O)CC1C=CCC1. The Morgan fingerprint density at radius 2 is 2.11 bits per heavy atom. The minimum atomic E-state index is -0.865. The lowest BCUT2D eigenvalue weighted by atomic mass is 9.87. The van der Waals surface area contributed by atoms with Crippen molar-refractivity contribution in [1.82, 2.24) is 5.32 Å². The van der Waals surface area contributed by atoms with Gasteiger partial charge in [-0.25, -0.2) is 0 Å². The molecule has 19 heavy (non-hydrogen) atoms. The highest BCUT2D eigenvalue weighted by Crippen LogP contribution is 2.23. The fraction of sp³-hybridized carbons (Fsp3) is 0.733. The molecule has 4 heteroatoms. The van der Waals surface area contributed by atoms with Crippen LogP contribution in [0.25, 0.3) is 0 Å². The number of hydrogen-bond donors (Lipinski definition) is 2. The molecule has 1 aliphatic carbocycles. The highest BCUT2D eigenvalue weighted by atomic mass is 16.4. The van der Waals surface area contributed by atoms with Gasteiger partial charge in [0, 0.05) is 12.5 Å². The third-order valence-electron chi connectivity index (χ3n) is 3.20. The molecule has 1 amide bonds. The molecule has 0 aliphatic heterocycles. The maximum absolute atomic E-state index is 11.9. The first kappa shape index (κ1) is 15.7. The average Bonchev–Trinajstić information content (AvgIpc) is 2.65. The van der Waals surface area contributed by atoms with Crippen LogP contribution in [0.4, 0.5) is 0 Å². The first-order chi connectivity index (χ1) is 8.76. The van der Waals surface area contributed by atoms with Gasteiger partial charge in [-0.2, -0.15) is 0 Å². The van der Waals surface area contributed by atoms with Gasteiger partial charge in [0.25, 0.3) is 0 Å². The molecule has 0 fully saturated rings. The summed E-state index contributed by atoms with van der Waals surface area (Å²) in [6, 6.07) is -0.282. The van der Waals surface area contributed by atoms with Crippen LogP contribution in [0.2, 0.25) is 0 Å². The smallest absolute Gasteiger partial charge is 0.305 e. The highest BCUT2D eigenvalue weighted by molar-refractivity contribution is 5.77. The molecule has 1 rings (SSSR count). The van der Waals surface area contributed by atoms with Gasteiger partial charge in [-0.05, 0) is 30.6 Å². The Balaban J connectivity index is 2.48. The summed E-state index contributed by atoms with van der Waals surface area (Å²) in [6.07, 6.45) is 7.37. The van der Waals surface area contributed by atoms with Crippen LogP contribution in [0, 0.1) is 11.3 Å². The van der Waals surface area contributed by atoms with Crippen molar-refractivity contribution in [2.24, 2.45) is 11.3 Å². The molecule has 0 aromatic carbocycles. The van der Waals surface area contributed by atoms with E-state index in [1.807, 2.05) is 20.8 Å². The first-order valence-corrected chi connectivity index (χ1v) is 6.94. The molecule has 0 aromatic rings. The Morgan fingerprint density at radius 3 is 2.58 bits per heavy atom. The molecule has 0 radical (unpaired) electrons. The molecule has 0 heterocycles. The van der Waals surface area contributed by atoms with E-state index in [4.69, 9.17) is 5.11 Å². The zero-order valence-electron chi connectivity index (χ0n) is 12.1. The van der Waals surface area contributed by atoms with Crippen LogP contribution in [-0.2, 0) is 9.59 Å². The van der Waals surface area contributed by atoms with E-state index in [9.17, 15) is 9.59 Å². The summed E-state index contributed by atoms with van der Waals surface area (Å²) in [5.41, 5.74) is 0.000653.